The normalized spacial score (nSPS) is 12.8. The number of ether oxygens (including phenoxy) is 1. The van der Waals surface area contributed by atoms with Crippen LogP contribution in [-0.2, 0) is 11.4 Å². The van der Waals surface area contributed by atoms with Crippen molar-refractivity contribution in [3.8, 4) is 5.75 Å². The maximum absolute atomic E-state index is 11.5. The quantitative estimate of drug-likeness (QED) is 0.376. The summed E-state index contributed by atoms with van der Waals surface area (Å²) in [6.07, 6.45) is -1.61. The zero-order chi connectivity index (χ0) is 22.5. The number of rotatable bonds is 8. The maximum Gasteiger partial charge on any atom is 0.335 e. The van der Waals surface area contributed by atoms with Crippen LogP contribution < -0.4 is 10.1 Å². The van der Waals surface area contributed by atoms with Gasteiger partial charge in [0.2, 0.25) is 0 Å². The molecule has 0 saturated heterocycles. The second-order valence-corrected chi connectivity index (χ2v) is 7.63. The Labute approximate surface area is 186 Å². The molecule has 0 fully saturated rings. The lowest BCUT2D eigenvalue weighted by Gasteiger charge is -2.23. The summed E-state index contributed by atoms with van der Waals surface area (Å²) < 4.78 is 5.91. The number of pyridine rings is 1. The summed E-state index contributed by atoms with van der Waals surface area (Å²) in [5.41, 5.74) is 4.08. The number of nitrogens with one attached hydrogen (secondary N) is 1. The molecule has 0 aliphatic carbocycles. The van der Waals surface area contributed by atoms with E-state index in [1.165, 1.54) is 0 Å². The summed E-state index contributed by atoms with van der Waals surface area (Å²) in [5.74, 6) is -0.685. The molecule has 162 valence electrons. The van der Waals surface area contributed by atoms with Crippen LogP contribution in [0.15, 0.2) is 84.9 Å². The summed E-state index contributed by atoms with van der Waals surface area (Å²) in [6, 6.07) is 25.6. The molecule has 3 aromatic carbocycles. The van der Waals surface area contributed by atoms with Gasteiger partial charge in [-0.05, 0) is 36.8 Å². The first-order valence-corrected chi connectivity index (χ1v) is 10.3. The average molecular weight is 428 g/mol. The standard InChI is InChI=1S/C26H24N2O4/c1-17-9-11-19(12-10-17)24(25(29)26(30)31)28-20-6-4-7-22(15-20)32-16-21-14-13-18-5-2-3-8-23(18)27-21/h2-15,24-25,28-29H,16H2,1H3,(H,30,31)/t24?,25-/m1/s1. The zero-order valence-electron chi connectivity index (χ0n) is 17.6. The van der Waals surface area contributed by atoms with Crippen LogP contribution in [-0.4, -0.2) is 27.3 Å². The van der Waals surface area contributed by atoms with E-state index in [0.29, 0.717) is 23.6 Å². The number of hydrogen-bond acceptors (Lipinski definition) is 5. The fourth-order valence-corrected chi connectivity index (χ4v) is 3.46. The van der Waals surface area contributed by atoms with Crippen LogP contribution in [0.3, 0.4) is 0 Å². The van der Waals surface area contributed by atoms with Gasteiger partial charge < -0.3 is 20.3 Å². The lowest BCUT2D eigenvalue weighted by molar-refractivity contribution is -0.147. The summed E-state index contributed by atoms with van der Waals surface area (Å²) in [4.78, 5) is 16.1. The van der Waals surface area contributed by atoms with Crippen LogP contribution in [0.25, 0.3) is 10.9 Å². The van der Waals surface area contributed by atoms with E-state index < -0.39 is 18.1 Å². The van der Waals surface area contributed by atoms with Gasteiger partial charge >= 0.3 is 5.97 Å². The summed E-state index contributed by atoms with van der Waals surface area (Å²) in [6.45, 7) is 2.25. The lowest BCUT2D eigenvalue weighted by Crippen LogP contribution is -2.32. The second kappa shape index (κ2) is 9.49. The van der Waals surface area contributed by atoms with Gasteiger partial charge in [-0.2, -0.15) is 0 Å². The molecule has 0 aliphatic heterocycles. The summed E-state index contributed by atoms with van der Waals surface area (Å²) in [7, 11) is 0. The van der Waals surface area contributed by atoms with Crippen molar-refractivity contribution in [2.45, 2.75) is 25.7 Å². The minimum absolute atomic E-state index is 0.299. The van der Waals surface area contributed by atoms with Crippen molar-refractivity contribution < 1.29 is 19.7 Å². The predicted molar refractivity (Wildman–Crippen MR) is 124 cm³/mol. The van der Waals surface area contributed by atoms with Crippen LogP contribution >= 0.6 is 0 Å². The highest BCUT2D eigenvalue weighted by molar-refractivity contribution is 5.78. The fourth-order valence-electron chi connectivity index (χ4n) is 3.46. The molecular formula is C26H24N2O4. The van der Waals surface area contributed by atoms with Gasteiger partial charge in [0.25, 0.3) is 0 Å². The summed E-state index contributed by atoms with van der Waals surface area (Å²) >= 11 is 0. The first-order chi connectivity index (χ1) is 15.5. The molecule has 6 nitrogen and oxygen atoms in total. The highest BCUT2D eigenvalue weighted by Gasteiger charge is 2.27. The van der Waals surface area contributed by atoms with Crippen molar-refractivity contribution >= 4 is 22.6 Å². The first-order valence-electron chi connectivity index (χ1n) is 10.3. The van der Waals surface area contributed by atoms with Crippen molar-refractivity contribution in [2.24, 2.45) is 0 Å². The molecule has 1 unspecified atom stereocenters. The number of aliphatic hydroxyl groups excluding tert-OH is 1. The Kier molecular flexibility index (Phi) is 6.33. The van der Waals surface area contributed by atoms with Crippen LogP contribution in [0, 0.1) is 6.92 Å². The largest absolute Gasteiger partial charge is 0.487 e. The monoisotopic (exact) mass is 428 g/mol. The SMILES string of the molecule is Cc1ccc(C(Nc2cccc(OCc3ccc4ccccc4n3)c2)[C@@H](O)C(=O)O)cc1. The Hall–Kier alpha value is -3.90. The molecule has 1 heterocycles. The maximum atomic E-state index is 11.5. The number of nitrogens with zero attached hydrogens (tertiary/aromatic N) is 1. The van der Waals surface area contributed by atoms with E-state index in [0.717, 1.165) is 22.2 Å². The van der Waals surface area contributed by atoms with Gasteiger partial charge in [-0.25, -0.2) is 9.78 Å². The van der Waals surface area contributed by atoms with Gasteiger partial charge in [0.05, 0.1) is 17.3 Å². The number of carboxylic acid groups (broad SMARTS) is 1. The number of carboxylic acids is 1. The predicted octanol–water partition coefficient (Wildman–Crippen LogP) is 4.72. The third-order valence-corrected chi connectivity index (χ3v) is 5.20. The smallest absolute Gasteiger partial charge is 0.335 e. The van der Waals surface area contributed by atoms with Crippen molar-refractivity contribution in [2.75, 3.05) is 5.32 Å². The Balaban J connectivity index is 1.50. The minimum Gasteiger partial charge on any atom is -0.487 e. The van der Waals surface area contributed by atoms with Crippen LogP contribution in [0.4, 0.5) is 5.69 Å². The number of aromatic nitrogens is 1. The number of hydrogen-bond donors (Lipinski definition) is 3. The van der Waals surface area contributed by atoms with Gasteiger partial charge in [-0.3, -0.25) is 0 Å². The molecule has 1 aromatic heterocycles. The molecule has 4 aromatic rings. The van der Waals surface area contributed by atoms with E-state index in [9.17, 15) is 15.0 Å². The van der Waals surface area contributed by atoms with E-state index in [-0.39, 0.29) is 0 Å². The number of anilines is 1. The molecule has 2 atom stereocenters. The molecule has 0 spiro atoms. The van der Waals surface area contributed by atoms with E-state index in [1.807, 2.05) is 79.7 Å². The van der Waals surface area contributed by atoms with Crippen molar-refractivity contribution in [1.82, 2.24) is 4.98 Å². The molecule has 0 saturated carbocycles. The summed E-state index contributed by atoms with van der Waals surface area (Å²) in [5, 5.41) is 23.8. The second-order valence-electron chi connectivity index (χ2n) is 7.63. The molecule has 32 heavy (non-hydrogen) atoms. The first kappa shape index (κ1) is 21.3. The average Bonchev–Trinajstić information content (AvgIpc) is 2.81. The van der Waals surface area contributed by atoms with Crippen LogP contribution in [0.5, 0.6) is 5.75 Å². The topological polar surface area (TPSA) is 91.7 Å². The number of aliphatic hydroxyl groups is 1. The van der Waals surface area contributed by atoms with E-state index >= 15 is 0 Å². The van der Waals surface area contributed by atoms with Gasteiger partial charge in [-0.15, -0.1) is 0 Å². The number of para-hydroxylation sites is 1. The van der Waals surface area contributed by atoms with Gasteiger partial charge in [-0.1, -0.05) is 60.2 Å². The minimum atomic E-state index is -1.61. The molecule has 0 bridgehead atoms. The Morgan fingerprint density at radius 1 is 1.00 bits per heavy atom. The molecule has 0 radical (unpaired) electrons. The third kappa shape index (κ3) is 5.04. The Bertz CT molecular complexity index is 1220. The fraction of sp³-hybridized carbons (Fsp3) is 0.154. The van der Waals surface area contributed by atoms with Gasteiger partial charge in [0, 0.05) is 17.1 Å². The van der Waals surface area contributed by atoms with E-state index in [1.54, 1.807) is 12.1 Å². The van der Waals surface area contributed by atoms with Crippen molar-refractivity contribution in [3.63, 3.8) is 0 Å². The number of aryl methyl sites for hydroxylation is 1. The van der Waals surface area contributed by atoms with Crippen molar-refractivity contribution in [1.29, 1.82) is 0 Å². The third-order valence-electron chi connectivity index (χ3n) is 5.20. The number of fused-ring (bicyclic) bond motifs is 1. The Morgan fingerprint density at radius 3 is 2.56 bits per heavy atom. The Morgan fingerprint density at radius 2 is 1.78 bits per heavy atom. The van der Waals surface area contributed by atoms with Crippen molar-refractivity contribution in [3.05, 3.63) is 102 Å². The highest BCUT2D eigenvalue weighted by atomic mass is 16.5. The lowest BCUT2D eigenvalue weighted by atomic mass is 9.99. The number of carbonyl (C=O) groups is 1. The van der Waals surface area contributed by atoms with E-state index in [4.69, 9.17) is 4.74 Å². The molecule has 0 aliphatic rings. The molecular weight excluding hydrogens is 404 g/mol. The molecule has 6 heteroatoms. The molecule has 0 amide bonds. The van der Waals surface area contributed by atoms with Gasteiger partial charge in [0.1, 0.15) is 12.4 Å². The van der Waals surface area contributed by atoms with Crippen LogP contribution in [0.1, 0.15) is 22.9 Å². The van der Waals surface area contributed by atoms with E-state index in [2.05, 4.69) is 10.3 Å². The molecule has 3 N–H and O–H groups in total. The molecule has 4 rings (SSSR count). The highest BCUT2D eigenvalue weighted by Crippen LogP contribution is 2.26. The number of aliphatic carboxylic acids is 1. The number of benzene rings is 3. The zero-order valence-corrected chi connectivity index (χ0v) is 17.6. The van der Waals surface area contributed by atoms with Gasteiger partial charge in [0.15, 0.2) is 6.10 Å². The van der Waals surface area contributed by atoms with Crippen LogP contribution in [0.2, 0.25) is 0 Å².